The van der Waals surface area contributed by atoms with E-state index < -0.39 is 11.7 Å². The minimum atomic E-state index is -0.591. The number of aromatic nitrogens is 1. The molecule has 0 radical (unpaired) electrons. The number of rotatable bonds is 0. The van der Waals surface area contributed by atoms with Crippen molar-refractivity contribution in [1.29, 1.82) is 0 Å². The Morgan fingerprint density at radius 1 is 1.32 bits per heavy atom. The normalized spacial score (nSPS) is 24.9. The van der Waals surface area contributed by atoms with Crippen molar-refractivity contribution in [1.82, 2.24) is 4.98 Å². The molecule has 0 saturated heterocycles. The maximum Gasteiger partial charge on any atom is 0.126 e. The molecule has 2 atom stereocenters. The lowest BCUT2D eigenvalue weighted by molar-refractivity contribution is 0.0228. The molecule has 0 unspecified atom stereocenters. The van der Waals surface area contributed by atoms with Gasteiger partial charge in [0, 0.05) is 17.1 Å². The topological polar surface area (TPSA) is 42.4 Å². The molecule has 1 aliphatic rings. The lowest BCUT2D eigenvalue weighted by Gasteiger charge is -2.40. The van der Waals surface area contributed by atoms with Gasteiger partial charge in [0.25, 0.3) is 0 Å². The Morgan fingerprint density at radius 2 is 2.05 bits per heavy atom. The van der Waals surface area contributed by atoms with Crippen LogP contribution in [0.5, 0.6) is 5.75 Å². The van der Waals surface area contributed by atoms with Gasteiger partial charge in [-0.3, -0.25) is 4.98 Å². The van der Waals surface area contributed by atoms with Crippen molar-refractivity contribution >= 4 is 26.8 Å². The zero-order valence-corrected chi connectivity index (χ0v) is 12.7. The number of aliphatic hydroxyl groups excluding tert-OH is 1. The fraction of sp³-hybridized carbons (Fsp3) is 0.400. The molecule has 0 fully saturated rings. The number of aryl methyl sites for hydroxylation is 1. The largest absolute Gasteiger partial charge is 0.486 e. The summed E-state index contributed by atoms with van der Waals surface area (Å²) in [4.78, 5) is 4.26. The second kappa shape index (κ2) is 4.18. The molecule has 0 bridgehead atoms. The lowest BCUT2D eigenvalue weighted by Crippen LogP contribution is -2.45. The van der Waals surface area contributed by atoms with Crippen LogP contribution in [-0.4, -0.2) is 20.5 Å². The molecule has 1 aliphatic heterocycles. The highest BCUT2D eigenvalue weighted by Gasteiger charge is 2.41. The van der Waals surface area contributed by atoms with Crippen LogP contribution in [0.4, 0.5) is 0 Å². The van der Waals surface area contributed by atoms with E-state index in [4.69, 9.17) is 4.74 Å². The van der Waals surface area contributed by atoms with Crippen LogP contribution in [0.1, 0.15) is 31.1 Å². The van der Waals surface area contributed by atoms with Crippen LogP contribution in [0.3, 0.4) is 0 Å². The first-order valence-electron chi connectivity index (χ1n) is 6.30. The van der Waals surface area contributed by atoms with Gasteiger partial charge in [-0.15, -0.1) is 0 Å². The van der Waals surface area contributed by atoms with Crippen LogP contribution in [0.25, 0.3) is 10.9 Å². The van der Waals surface area contributed by atoms with Crippen molar-refractivity contribution in [3.05, 3.63) is 35.5 Å². The van der Waals surface area contributed by atoms with Gasteiger partial charge in [-0.05, 0) is 44.5 Å². The summed E-state index contributed by atoms with van der Waals surface area (Å²) in [5.41, 5.74) is 2.34. The third kappa shape index (κ3) is 2.03. The Labute approximate surface area is 120 Å². The van der Waals surface area contributed by atoms with E-state index in [2.05, 4.69) is 27.0 Å². The van der Waals surface area contributed by atoms with E-state index in [0.717, 1.165) is 27.8 Å². The van der Waals surface area contributed by atoms with Gasteiger partial charge in [0.2, 0.25) is 0 Å². The fourth-order valence-corrected chi connectivity index (χ4v) is 2.86. The van der Waals surface area contributed by atoms with E-state index >= 15 is 0 Å². The quantitative estimate of drug-likeness (QED) is 0.755. The van der Waals surface area contributed by atoms with E-state index in [1.807, 2.05) is 39.1 Å². The maximum absolute atomic E-state index is 10.4. The maximum atomic E-state index is 10.4. The Morgan fingerprint density at radius 3 is 2.79 bits per heavy atom. The summed E-state index contributed by atoms with van der Waals surface area (Å²) in [5, 5.41) is 11.5. The third-order valence-electron chi connectivity index (χ3n) is 3.58. The summed E-state index contributed by atoms with van der Waals surface area (Å²) >= 11 is 3.53. The molecule has 1 aromatic heterocycles. The van der Waals surface area contributed by atoms with Gasteiger partial charge in [0.1, 0.15) is 11.4 Å². The van der Waals surface area contributed by atoms with Crippen LogP contribution in [0.15, 0.2) is 24.4 Å². The standard InChI is InChI=1S/C15H16BrNO2/c1-8-4-9-5-12-10(6-11(9)17-7-8)13(18)14(16)15(2,3)19-12/h4-7,13-14,18H,1-3H3/t13-,14+/m0/s1. The number of pyridine rings is 1. The molecule has 100 valence electrons. The number of nitrogens with zero attached hydrogens (tertiary/aromatic N) is 1. The number of benzene rings is 1. The molecular weight excluding hydrogens is 306 g/mol. The second-order valence-corrected chi connectivity index (χ2v) is 6.63. The minimum absolute atomic E-state index is 0.143. The highest BCUT2D eigenvalue weighted by Crippen LogP contribution is 2.44. The monoisotopic (exact) mass is 321 g/mol. The zero-order chi connectivity index (χ0) is 13.8. The van der Waals surface area contributed by atoms with E-state index in [0.29, 0.717) is 0 Å². The summed E-state index contributed by atoms with van der Waals surface area (Å²) < 4.78 is 6.02. The minimum Gasteiger partial charge on any atom is -0.486 e. The summed E-state index contributed by atoms with van der Waals surface area (Å²) in [5.74, 6) is 0.744. The Balaban J connectivity index is 2.22. The lowest BCUT2D eigenvalue weighted by atomic mass is 9.91. The van der Waals surface area contributed by atoms with E-state index in [9.17, 15) is 5.11 Å². The van der Waals surface area contributed by atoms with Crippen LogP contribution in [0.2, 0.25) is 0 Å². The molecule has 0 amide bonds. The number of hydrogen-bond donors (Lipinski definition) is 1. The van der Waals surface area contributed by atoms with Crippen molar-refractivity contribution in [2.75, 3.05) is 0 Å². The van der Waals surface area contributed by atoms with Crippen molar-refractivity contribution in [3.8, 4) is 5.75 Å². The number of fused-ring (bicyclic) bond motifs is 2. The van der Waals surface area contributed by atoms with Crippen molar-refractivity contribution in [2.24, 2.45) is 0 Å². The van der Waals surface area contributed by atoms with E-state index in [1.165, 1.54) is 0 Å². The molecule has 2 aromatic rings. The number of alkyl halides is 1. The van der Waals surface area contributed by atoms with Gasteiger partial charge in [0.15, 0.2) is 0 Å². The van der Waals surface area contributed by atoms with Gasteiger partial charge >= 0.3 is 0 Å². The Hall–Kier alpha value is -1.13. The van der Waals surface area contributed by atoms with E-state index in [1.54, 1.807) is 0 Å². The third-order valence-corrected chi connectivity index (χ3v) is 5.19. The van der Waals surface area contributed by atoms with E-state index in [-0.39, 0.29) is 4.83 Å². The number of aliphatic hydroxyl groups is 1. The number of hydrogen-bond acceptors (Lipinski definition) is 3. The molecule has 0 aliphatic carbocycles. The molecule has 3 nitrogen and oxygen atoms in total. The van der Waals surface area contributed by atoms with Gasteiger partial charge in [-0.2, -0.15) is 0 Å². The van der Waals surface area contributed by atoms with Gasteiger partial charge in [-0.1, -0.05) is 15.9 Å². The van der Waals surface area contributed by atoms with Gasteiger partial charge in [0.05, 0.1) is 16.4 Å². The number of ether oxygens (including phenoxy) is 1. The van der Waals surface area contributed by atoms with Gasteiger partial charge < -0.3 is 9.84 Å². The molecule has 19 heavy (non-hydrogen) atoms. The van der Waals surface area contributed by atoms with Crippen LogP contribution in [-0.2, 0) is 0 Å². The first-order chi connectivity index (χ1) is 8.88. The average Bonchev–Trinajstić information content (AvgIpc) is 2.34. The smallest absolute Gasteiger partial charge is 0.126 e. The van der Waals surface area contributed by atoms with Crippen molar-refractivity contribution in [3.63, 3.8) is 0 Å². The fourth-order valence-electron chi connectivity index (χ4n) is 2.48. The SMILES string of the molecule is Cc1cnc2cc3c(cc2c1)OC(C)(C)[C@H](Br)[C@H]3O. The highest BCUT2D eigenvalue weighted by atomic mass is 79.9. The Kier molecular flexibility index (Phi) is 2.84. The second-order valence-electron chi connectivity index (χ2n) is 5.65. The summed E-state index contributed by atoms with van der Waals surface area (Å²) in [6, 6.07) is 5.96. The molecule has 1 N–H and O–H groups in total. The first-order valence-corrected chi connectivity index (χ1v) is 7.21. The summed E-state index contributed by atoms with van der Waals surface area (Å²) in [7, 11) is 0. The van der Waals surface area contributed by atoms with Crippen LogP contribution < -0.4 is 4.74 Å². The highest BCUT2D eigenvalue weighted by molar-refractivity contribution is 9.09. The molecular formula is C15H16BrNO2. The predicted octanol–water partition coefficient (Wildman–Crippen LogP) is 3.51. The Bertz CT molecular complexity index is 654. The van der Waals surface area contributed by atoms with Gasteiger partial charge in [-0.25, -0.2) is 0 Å². The van der Waals surface area contributed by atoms with Crippen LogP contribution in [0, 0.1) is 6.92 Å². The van der Waals surface area contributed by atoms with Crippen molar-refractivity contribution < 1.29 is 9.84 Å². The number of halogens is 1. The molecule has 3 rings (SSSR count). The van der Waals surface area contributed by atoms with Crippen LogP contribution >= 0.6 is 15.9 Å². The molecule has 1 aromatic carbocycles. The van der Waals surface area contributed by atoms with Crippen molar-refractivity contribution in [2.45, 2.75) is 37.3 Å². The molecule has 0 saturated carbocycles. The summed E-state index contributed by atoms with van der Waals surface area (Å²) in [6.45, 7) is 5.95. The predicted molar refractivity (Wildman–Crippen MR) is 78.9 cm³/mol. The molecule has 0 spiro atoms. The molecule has 2 heterocycles. The summed E-state index contributed by atoms with van der Waals surface area (Å²) in [6.07, 6.45) is 1.24. The first kappa shape index (κ1) is 12.9. The zero-order valence-electron chi connectivity index (χ0n) is 11.1. The average molecular weight is 322 g/mol. The molecule has 4 heteroatoms.